The largest absolute Gasteiger partial charge is 0.493 e. The van der Waals surface area contributed by atoms with E-state index in [-0.39, 0.29) is 5.65 Å². The van der Waals surface area contributed by atoms with Crippen LogP contribution in [0.5, 0.6) is 5.88 Å². The summed E-state index contributed by atoms with van der Waals surface area (Å²) in [7, 11) is 0. The molecule has 2 rings (SSSR count). The lowest BCUT2D eigenvalue weighted by molar-refractivity contribution is 0.428. The average molecular weight is 169 g/mol. The minimum Gasteiger partial charge on any atom is -0.493 e. The molecule has 0 aromatic carbocycles. The molecule has 0 aliphatic carbocycles. The minimum atomic E-state index is -0.757. The van der Waals surface area contributed by atoms with Crippen molar-refractivity contribution in [1.82, 2.24) is 14.6 Å². The standard InChI is InChI=1S/C6H4FN3O2/c7-3-1-4-8-5(11)2-6(12)10(4)9-3/h1-2,12H,(H,8,11). The number of nitrogens with zero attached hydrogens (tertiary/aromatic N) is 2. The third-order valence-corrected chi connectivity index (χ3v) is 1.41. The molecular formula is C6H4FN3O2. The molecule has 0 spiro atoms. The molecule has 2 N–H and O–H groups in total. The van der Waals surface area contributed by atoms with Crippen LogP contribution >= 0.6 is 0 Å². The van der Waals surface area contributed by atoms with Crippen LogP contribution in [0.3, 0.4) is 0 Å². The molecule has 0 saturated carbocycles. The first-order chi connectivity index (χ1) is 5.66. The van der Waals surface area contributed by atoms with Gasteiger partial charge >= 0.3 is 0 Å². The van der Waals surface area contributed by atoms with E-state index >= 15 is 0 Å². The van der Waals surface area contributed by atoms with Crippen molar-refractivity contribution in [3.63, 3.8) is 0 Å². The van der Waals surface area contributed by atoms with Gasteiger partial charge in [0.05, 0.1) is 6.07 Å². The smallest absolute Gasteiger partial charge is 0.254 e. The molecule has 0 atom stereocenters. The van der Waals surface area contributed by atoms with Crippen molar-refractivity contribution in [2.45, 2.75) is 0 Å². The Morgan fingerprint density at radius 3 is 3.08 bits per heavy atom. The van der Waals surface area contributed by atoms with Crippen molar-refractivity contribution >= 4 is 5.65 Å². The van der Waals surface area contributed by atoms with Crippen LogP contribution in [-0.2, 0) is 0 Å². The third-order valence-electron chi connectivity index (χ3n) is 1.41. The number of aromatic nitrogens is 3. The summed E-state index contributed by atoms with van der Waals surface area (Å²) in [6, 6.07) is 1.93. The molecule has 0 bridgehead atoms. The van der Waals surface area contributed by atoms with Crippen molar-refractivity contribution in [2.75, 3.05) is 0 Å². The number of halogens is 1. The van der Waals surface area contributed by atoms with Crippen LogP contribution in [0.4, 0.5) is 4.39 Å². The summed E-state index contributed by atoms with van der Waals surface area (Å²) in [5, 5.41) is 12.4. The summed E-state index contributed by atoms with van der Waals surface area (Å²) in [6.45, 7) is 0. The Kier molecular flexibility index (Phi) is 1.18. The molecule has 12 heavy (non-hydrogen) atoms. The first-order valence-corrected chi connectivity index (χ1v) is 3.14. The quantitative estimate of drug-likeness (QED) is 0.577. The molecular weight excluding hydrogens is 165 g/mol. The maximum absolute atomic E-state index is 12.5. The van der Waals surface area contributed by atoms with Crippen molar-refractivity contribution in [2.24, 2.45) is 0 Å². The molecule has 0 fully saturated rings. The number of hydrogen-bond donors (Lipinski definition) is 2. The Labute approximate surface area is 65.1 Å². The Hall–Kier alpha value is -1.85. The number of aromatic hydroxyl groups is 1. The van der Waals surface area contributed by atoms with Gasteiger partial charge < -0.3 is 10.1 Å². The number of aromatic amines is 1. The monoisotopic (exact) mass is 169 g/mol. The molecule has 6 heteroatoms. The van der Waals surface area contributed by atoms with E-state index in [0.29, 0.717) is 0 Å². The fraction of sp³-hybridized carbons (Fsp3) is 0. The predicted octanol–water partition coefficient (Wildman–Crippen LogP) is -0.133. The molecule has 62 valence electrons. The fourth-order valence-electron chi connectivity index (χ4n) is 0.957. The zero-order valence-electron chi connectivity index (χ0n) is 5.78. The van der Waals surface area contributed by atoms with Crippen molar-refractivity contribution in [3.8, 4) is 5.88 Å². The van der Waals surface area contributed by atoms with Crippen LogP contribution in [0.2, 0.25) is 0 Å². The number of fused-ring (bicyclic) bond motifs is 1. The maximum Gasteiger partial charge on any atom is 0.254 e. The Morgan fingerprint density at radius 1 is 1.58 bits per heavy atom. The van der Waals surface area contributed by atoms with Gasteiger partial charge in [0.2, 0.25) is 11.8 Å². The topological polar surface area (TPSA) is 70.4 Å². The Balaban J connectivity index is 2.97. The fourth-order valence-corrected chi connectivity index (χ4v) is 0.957. The Morgan fingerprint density at radius 2 is 2.33 bits per heavy atom. The van der Waals surface area contributed by atoms with E-state index < -0.39 is 17.4 Å². The molecule has 0 unspecified atom stereocenters. The van der Waals surface area contributed by atoms with Gasteiger partial charge in [0.15, 0.2) is 0 Å². The summed E-state index contributed by atoms with van der Waals surface area (Å²) < 4.78 is 13.4. The van der Waals surface area contributed by atoms with Gasteiger partial charge in [-0.15, -0.1) is 5.10 Å². The van der Waals surface area contributed by atoms with Gasteiger partial charge in [0.25, 0.3) is 5.56 Å². The minimum absolute atomic E-state index is 0.123. The predicted molar refractivity (Wildman–Crippen MR) is 37.4 cm³/mol. The molecule has 0 amide bonds. The van der Waals surface area contributed by atoms with E-state index in [4.69, 9.17) is 5.11 Å². The van der Waals surface area contributed by atoms with Crippen LogP contribution in [-0.4, -0.2) is 19.7 Å². The van der Waals surface area contributed by atoms with Crippen LogP contribution in [0.1, 0.15) is 0 Å². The molecule has 2 aromatic heterocycles. The van der Waals surface area contributed by atoms with Gasteiger partial charge in [0.1, 0.15) is 5.65 Å². The lowest BCUT2D eigenvalue weighted by Crippen LogP contribution is -2.06. The Bertz CT molecular complexity index is 487. The van der Waals surface area contributed by atoms with E-state index in [1.54, 1.807) is 0 Å². The molecule has 2 aromatic rings. The highest BCUT2D eigenvalue weighted by Gasteiger charge is 2.04. The molecule has 0 radical (unpaired) electrons. The SMILES string of the molecule is O=c1cc(O)n2nc(F)cc2[nH]1. The molecule has 0 saturated heterocycles. The van der Waals surface area contributed by atoms with Gasteiger partial charge in [-0.25, -0.2) is 0 Å². The molecule has 0 aliphatic rings. The zero-order chi connectivity index (χ0) is 8.72. The van der Waals surface area contributed by atoms with Crippen molar-refractivity contribution in [3.05, 3.63) is 28.4 Å². The number of H-pyrrole nitrogens is 1. The highest BCUT2D eigenvalue weighted by atomic mass is 19.1. The van der Waals surface area contributed by atoms with Crippen LogP contribution in [0, 0.1) is 5.95 Å². The summed E-state index contributed by atoms with van der Waals surface area (Å²) in [5.41, 5.74) is -0.377. The van der Waals surface area contributed by atoms with E-state index in [2.05, 4.69) is 10.1 Å². The van der Waals surface area contributed by atoms with E-state index in [1.165, 1.54) is 0 Å². The van der Waals surface area contributed by atoms with Crippen LogP contribution < -0.4 is 5.56 Å². The van der Waals surface area contributed by atoms with Crippen molar-refractivity contribution < 1.29 is 9.50 Å². The first-order valence-electron chi connectivity index (χ1n) is 3.14. The van der Waals surface area contributed by atoms with Crippen LogP contribution in [0.25, 0.3) is 5.65 Å². The second kappa shape index (κ2) is 2.07. The summed E-state index contributed by atoms with van der Waals surface area (Å²) >= 11 is 0. The van der Waals surface area contributed by atoms with Gasteiger partial charge in [-0.05, 0) is 0 Å². The summed E-state index contributed by atoms with van der Waals surface area (Å²) in [5.74, 6) is -1.15. The van der Waals surface area contributed by atoms with Gasteiger partial charge in [0, 0.05) is 6.07 Å². The van der Waals surface area contributed by atoms with Gasteiger partial charge in [-0.1, -0.05) is 0 Å². The molecule has 2 heterocycles. The second-order valence-electron chi connectivity index (χ2n) is 2.26. The van der Waals surface area contributed by atoms with E-state index in [1.807, 2.05) is 0 Å². The second-order valence-corrected chi connectivity index (χ2v) is 2.26. The number of hydrogen-bond acceptors (Lipinski definition) is 3. The summed E-state index contributed by atoms with van der Waals surface area (Å²) in [4.78, 5) is 13.0. The highest BCUT2D eigenvalue weighted by molar-refractivity contribution is 5.38. The zero-order valence-corrected chi connectivity index (χ0v) is 5.78. The highest BCUT2D eigenvalue weighted by Crippen LogP contribution is 2.07. The van der Waals surface area contributed by atoms with Gasteiger partial charge in [-0.2, -0.15) is 8.91 Å². The maximum atomic E-state index is 12.5. The number of rotatable bonds is 0. The van der Waals surface area contributed by atoms with E-state index in [9.17, 15) is 9.18 Å². The molecule has 5 nitrogen and oxygen atoms in total. The van der Waals surface area contributed by atoms with Gasteiger partial charge in [-0.3, -0.25) is 4.79 Å². The normalized spacial score (nSPS) is 10.8. The average Bonchev–Trinajstić information content (AvgIpc) is 2.29. The molecule has 0 aliphatic heterocycles. The summed E-state index contributed by atoms with van der Waals surface area (Å²) in [6.07, 6.45) is 0. The van der Waals surface area contributed by atoms with Crippen LogP contribution in [0.15, 0.2) is 16.9 Å². The first kappa shape index (κ1) is 6.84. The lowest BCUT2D eigenvalue weighted by atomic mass is 10.6. The number of nitrogens with one attached hydrogen (secondary N) is 1. The van der Waals surface area contributed by atoms with Crippen molar-refractivity contribution in [1.29, 1.82) is 0 Å². The third kappa shape index (κ3) is 0.849. The van der Waals surface area contributed by atoms with E-state index in [0.717, 1.165) is 16.6 Å². The lowest BCUT2D eigenvalue weighted by Gasteiger charge is -1.93.